The largest absolute Gasteiger partial charge is 0.469 e. The Hall–Kier alpha value is -1.36. The van der Waals surface area contributed by atoms with Gasteiger partial charge in [0.25, 0.3) is 0 Å². The molecule has 0 N–H and O–H groups in total. The van der Waals surface area contributed by atoms with Crippen LogP contribution in [-0.4, -0.2) is 37.9 Å². The first-order chi connectivity index (χ1) is 12.2. The quantitative estimate of drug-likeness (QED) is 0.568. The number of fused-ring (bicyclic) bond motifs is 4. The van der Waals surface area contributed by atoms with Crippen LogP contribution >= 0.6 is 0 Å². The molecule has 144 valence electrons. The van der Waals surface area contributed by atoms with Crippen LogP contribution in [0.15, 0.2) is 12.2 Å². The van der Waals surface area contributed by atoms with Gasteiger partial charge in [0.2, 0.25) is 0 Å². The van der Waals surface area contributed by atoms with Crippen molar-refractivity contribution in [2.24, 2.45) is 34.5 Å². The lowest BCUT2D eigenvalue weighted by molar-refractivity contribution is -0.211. The van der Waals surface area contributed by atoms with Crippen molar-refractivity contribution >= 4 is 11.9 Å². The van der Waals surface area contributed by atoms with Crippen LogP contribution in [-0.2, 0) is 23.8 Å². The van der Waals surface area contributed by atoms with Gasteiger partial charge in [-0.25, -0.2) is 4.79 Å². The molecular weight excluding hydrogens is 332 g/mol. The summed E-state index contributed by atoms with van der Waals surface area (Å²) in [5, 5.41) is 0. The Balaban J connectivity index is 1.74. The molecule has 0 heterocycles. The molecule has 0 saturated heterocycles. The van der Waals surface area contributed by atoms with E-state index in [1.165, 1.54) is 20.6 Å². The highest BCUT2D eigenvalue weighted by Crippen LogP contribution is 2.68. The Morgan fingerprint density at radius 3 is 2.31 bits per heavy atom. The van der Waals surface area contributed by atoms with Crippen LogP contribution in [0.1, 0.15) is 46.5 Å². The fraction of sp³-hybridized carbons (Fsp3) is 0.810. The Morgan fingerprint density at radius 2 is 1.77 bits per heavy atom. The van der Waals surface area contributed by atoms with Crippen molar-refractivity contribution in [1.82, 2.24) is 0 Å². The van der Waals surface area contributed by atoms with E-state index in [-0.39, 0.29) is 34.7 Å². The Labute approximate surface area is 155 Å². The van der Waals surface area contributed by atoms with Gasteiger partial charge in [0.1, 0.15) is 5.92 Å². The van der Waals surface area contributed by atoms with Gasteiger partial charge < -0.3 is 14.2 Å². The number of hydrogen-bond donors (Lipinski definition) is 0. The van der Waals surface area contributed by atoms with Gasteiger partial charge in [-0.05, 0) is 48.3 Å². The monoisotopic (exact) mass is 362 g/mol. The molecule has 0 aromatic rings. The highest BCUT2D eigenvalue weighted by atomic mass is 16.6. The van der Waals surface area contributed by atoms with E-state index in [1.807, 2.05) is 12.2 Å². The summed E-state index contributed by atoms with van der Waals surface area (Å²) < 4.78 is 17.0. The molecule has 5 nitrogen and oxygen atoms in total. The predicted molar refractivity (Wildman–Crippen MR) is 95.1 cm³/mol. The maximum absolute atomic E-state index is 13.0. The number of ether oxygens (including phenoxy) is 3. The van der Waals surface area contributed by atoms with Crippen LogP contribution in [0.2, 0.25) is 0 Å². The fourth-order valence-corrected chi connectivity index (χ4v) is 6.51. The summed E-state index contributed by atoms with van der Waals surface area (Å²) in [6, 6.07) is 0. The first kappa shape index (κ1) is 18.0. The summed E-state index contributed by atoms with van der Waals surface area (Å²) in [6.45, 7) is 6.92. The molecule has 7 atom stereocenters. The smallest absolute Gasteiger partial charge is 0.339 e. The van der Waals surface area contributed by atoms with Crippen molar-refractivity contribution in [2.75, 3.05) is 14.2 Å². The summed E-state index contributed by atoms with van der Waals surface area (Å²) in [5.74, 6) is -0.992. The fourth-order valence-electron chi connectivity index (χ4n) is 6.51. The Bertz CT molecular complexity index is 667. The second-order valence-electron chi connectivity index (χ2n) is 9.39. The highest BCUT2D eigenvalue weighted by Gasteiger charge is 2.70. The molecule has 3 saturated carbocycles. The van der Waals surface area contributed by atoms with Gasteiger partial charge in [-0.15, -0.1) is 0 Å². The van der Waals surface area contributed by atoms with E-state index in [4.69, 9.17) is 14.2 Å². The molecule has 0 aromatic heterocycles. The average Bonchev–Trinajstić information content (AvgIpc) is 3.31. The number of carbonyl (C=O) groups excluding carboxylic acids is 2. The SMILES string of the molecule is COC(=O)[C@@H]1[C@H]2C=C[C@H](C2)[C@@]1(O[C@H]1C[C@H]2CC[C@]1(C)C2(C)C)C(=O)OC. The van der Waals surface area contributed by atoms with E-state index in [2.05, 4.69) is 20.8 Å². The van der Waals surface area contributed by atoms with Crippen molar-refractivity contribution < 1.29 is 23.8 Å². The van der Waals surface area contributed by atoms with Gasteiger partial charge in [0.05, 0.1) is 20.3 Å². The number of rotatable bonds is 4. The lowest BCUT2D eigenvalue weighted by Gasteiger charge is -2.45. The molecule has 4 aliphatic carbocycles. The van der Waals surface area contributed by atoms with Crippen molar-refractivity contribution in [3.05, 3.63) is 12.2 Å². The molecule has 0 radical (unpaired) electrons. The van der Waals surface area contributed by atoms with Gasteiger partial charge in [0, 0.05) is 5.92 Å². The van der Waals surface area contributed by atoms with E-state index >= 15 is 0 Å². The molecule has 0 aliphatic heterocycles. The molecule has 4 bridgehead atoms. The zero-order valence-corrected chi connectivity index (χ0v) is 16.4. The molecule has 26 heavy (non-hydrogen) atoms. The van der Waals surface area contributed by atoms with E-state index < -0.39 is 17.5 Å². The first-order valence-electron chi connectivity index (χ1n) is 9.74. The minimum Gasteiger partial charge on any atom is -0.469 e. The maximum Gasteiger partial charge on any atom is 0.339 e. The van der Waals surface area contributed by atoms with Crippen LogP contribution < -0.4 is 0 Å². The molecule has 5 heteroatoms. The lowest BCUT2D eigenvalue weighted by Crippen LogP contribution is -2.58. The molecule has 4 rings (SSSR count). The van der Waals surface area contributed by atoms with Crippen LogP contribution in [0.4, 0.5) is 0 Å². The number of hydrogen-bond acceptors (Lipinski definition) is 5. The summed E-state index contributed by atoms with van der Waals surface area (Å²) in [7, 11) is 2.76. The topological polar surface area (TPSA) is 61.8 Å². The zero-order valence-electron chi connectivity index (χ0n) is 16.4. The molecular formula is C21H30O5. The lowest BCUT2D eigenvalue weighted by atomic mass is 9.69. The van der Waals surface area contributed by atoms with Gasteiger partial charge in [-0.3, -0.25) is 4.79 Å². The summed E-state index contributed by atoms with van der Waals surface area (Å²) in [6.07, 6.45) is 8.00. The van der Waals surface area contributed by atoms with Gasteiger partial charge in [-0.1, -0.05) is 32.9 Å². The molecule has 3 fully saturated rings. The third-order valence-corrected chi connectivity index (χ3v) is 8.57. The molecule has 0 spiro atoms. The number of allylic oxidation sites excluding steroid dienone is 1. The molecule has 0 unspecified atom stereocenters. The van der Waals surface area contributed by atoms with E-state index in [9.17, 15) is 9.59 Å². The summed E-state index contributed by atoms with van der Waals surface area (Å²) >= 11 is 0. The number of methoxy groups -OCH3 is 2. The predicted octanol–water partition coefficient (Wildman–Crippen LogP) is 3.12. The minimum absolute atomic E-state index is 0.00487. The maximum atomic E-state index is 13.0. The standard InChI is InChI=1S/C21H30O5/c1-19(2)13-8-9-20(19,3)15(11-13)26-21(18(23)25-5)14-7-6-12(10-14)16(21)17(22)24-4/h6-7,12-16H,8-11H2,1-5H3/t12-,13+,14+,15-,16-,20-,21-/m0/s1. The minimum atomic E-state index is -1.25. The van der Waals surface area contributed by atoms with Crippen LogP contribution in [0.3, 0.4) is 0 Å². The highest BCUT2D eigenvalue weighted by molar-refractivity contribution is 5.90. The Kier molecular flexibility index (Phi) is 3.86. The van der Waals surface area contributed by atoms with Crippen LogP contribution in [0.5, 0.6) is 0 Å². The number of esters is 2. The molecule has 0 amide bonds. The summed E-state index contributed by atoms with van der Waals surface area (Å²) in [5.41, 5.74) is -1.08. The molecule has 0 aromatic carbocycles. The van der Waals surface area contributed by atoms with Crippen molar-refractivity contribution in [1.29, 1.82) is 0 Å². The third kappa shape index (κ3) is 1.96. The Morgan fingerprint density at radius 1 is 1.04 bits per heavy atom. The van der Waals surface area contributed by atoms with E-state index in [0.717, 1.165) is 19.3 Å². The van der Waals surface area contributed by atoms with Gasteiger partial charge >= 0.3 is 11.9 Å². The summed E-state index contributed by atoms with van der Waals surface area (Å²) in [4.78, 5) is 25.7. The van der Waals surface area contributed by atoms with Crippen LogP contribution in [0.25, 0.3) is 0 Å². The zero-order chi connectivity index (χ0) is 18.9. The van der Waals surface area contributed by atoms with Crippen molar-refractivity contribution in [3.8, 4) is 0 Å². The second kappa shape index (κ2) is 5.57. The van der Waals surface area contributed by atoms with Crippen molar-refractivity contribution in [3.63, 3.8) is 0 Å². The third-order valence-electron chi connectivity index (χ3n) is 8.57. The van der Waals surface area contributed by atoms with E-state index in [0.29, 0.717) is 5.92 Å². The first-order valence-corrected chi connectivity index (χ1v) is 9.74. The van der Waals surface area contributed by atoms with E-state index in [1.54, 1.807) is 0 Å². The second-order valence-corrected chi connectivity index (χ2v) is 9.39. The molecule has 4 aliphatic rings. The van der Waals surface area contributed by atoms with Crippen LogP contribution in [0, 0.1) is 34.5 Å². The van der Waals surface area contributed by atoms with Crippen molar-refractivity contribution in [2.45, 2.75) is 58.2 Å². The average molecular weight is 362 g/mol. The van der Waals surface area contributed by atoms with Gasteiger partial charge in [-0.2, -0.15) is 0 Å². The normalized spacial score (nSPS) is 47.3. The van der Waals surface area contributed by atoms with Gasteiger partial charge in [0.15, 0.2) is 5.60 Å². The number of carbonyl (C=O) groups is 2.